The van der Waals surface area contributed by atoms with Gasteiger partial charge in [-0.05, 0) is 18.1 Å². The number of rotatable bonds is 4. The molecule has 80 valence electrons. The Kier molecular flexibility index (Phi) is 4.90. The van der Waals surface area contributed by atoms with Crippen LogP contribution < -0.4 is 5.56 Å². The van der Waals surface area contributed by atoms with Gasteiger partial charge in [-0.15, -0.1) is 0 Å². The molecule has 0 atom stereocenters. The number of aromatic amines is 1. The summed E-state index contributed by atoms with van der Waals surface area (Å²) in [5.41, 5.74) is 0.863. The summed E-state index contributed by atoms with van der Waals surface area (Å²) in [7, 11) is 0. The molecule has 0 spiro atoms. The Balaban J connectivity index is 2.35. The van der Waals surface area contributed by atoms with E-state index in [4.69, 9.17) is 0 Å². The Morgan fingerprint density at radius 2 is 2.33 bits per heavy atom. The van der Waals surface area contributed by atoms with Gasteiger partial charge in [0.15, 0.2) is 5.12 Å². The standard InChI is InChI=1S/C11H13NO2S/c1-9(13)15-7-3-2-4-10-5-6-11(14)12-8-10/h2,4-6,8H,3,7H2,1H3,(H,12,14). The highest BCUT2D eigenvalue weighted by Crippen LogP contribution is 2.05. The molecule has 0 saturated carbocycles. The van der Waals surface area contributed by atoms with Crippen molar-refractivity contribution in [2.24, 2.45) is 0 Å². The van der Waals surface area contributed by atoms with Gasteiger partial charge in [0.25, 0.3) is 0 Å². The number of hydrogen-bond donors (Lipinski definition) is 1. The summed E-state index contributed by atoms with van der Waals surface area (Å²) in [6.45, 7) is 1.57. The molecule has 0 aliphatic heterocycles. The molecule has 0 aromatic carbocycles. The van der Waals surface area contributed by atoms with Crippen LogP contribution in [0.3, 0.4) is 0 Å². The van der Waals surface area contributed by atoms with Gasteiger partial charge in [0.05, 0.1) is 0 Å². The van der Waals surface area contributed by atoms with E-state index in [1.54, 1.807) is 19.2 Å². The molecule has 1 rings (SSSR count). The van der Waals surface area contributed by atoms with Crippen molar-refractivity contribution in [3.8, 4) is 0 Å². The van der Waals surface area contributed by atoms with Crippen LogP contribution in [0, 0.1) is 0 Å². The maximum absolute atomic E-state index is 10.8. The van der Waals surface area contributed by atoms with Crippen LogP contribution in [0.4, 0.5) is 0 Å². The van der Waals surface area contributed by atoms with Crippen molar-refractivity contribution in [2.45, 2.75) is 13.3 Å². The van der Waals surface area contributed by atoms with Crippen LogP contribution in [0.15, 0.2) is 29.2 Å². The zero-order valence-corrected chi connectivity index (χ0v) is 9.34. The second kappa shape index (κ2) is 6.24. The van der Waals surface area contributed by atoms with E-state index in [9.17, 15) is 9.59 Å². The number of carbonyl (C=O) groups excluding carboxylic acids is 1. The van der Waals surface area contributed by atoms with Crippen LogP contribution in [-0.4, -0.2) is 15.9 Å². The Hall–Kier alpha value is -1.29. The summed E-state index contributed by atoms with van der Waals surface area (Å²) in [5, 5.41) is 0.146. The van der Waals surface area contributed by atoms with Crippen molar-refractivity contribution in [2.75, 3.05) is 5.75 Å². The first-order valence-electron chi connectivity index (χ1n) is 4.67. The average Bonchev–Trinajstić information content (AvgIpc) is 2.20. The van der Waals surface area contributed by atoms with Gasteiger partial charge in [0.1, 0.15) is 0 Å². The molecule has 0 amide bonds. The first-order valence-corrected chi connectivity index (χ1v) is 5.65. The topological polar surface area (TPSA) is 49.9 Å². The average molecular weight is 223 g/mol. The number of allylic oxidation sites excluding steroid dienone is 1. The molecular formula is C11H13NO2S. The van der Waals surface area contributed by atoms with Crippen molar-refractivity contribution in [1.29, 1.82) is 0 Å². The third-order valence-corrected chi connectivity index (χ3v) is 2.55. The van der Waals surface area contributed by atoms with Gasteiger partial charge >= 0.3 is 0 Å². The van der Waals surface area contributed by atoms with Crippen molar-refractivity contribution in [3.63, 3.8) is 0 Å². The zero-order chi connectivity index (χ0) is 11.1. The summed E-state index contributed by atoms with van der Waals surface area (Å²) in [5.74, 6) is 0.801. The van der Waals surface area contributed by atoms with Crippen molar-refractivity contribution in [1.82, 2.24) is 4.98 Å². The van der Waals surface area contributed by atoms with E-state index in [0.717, 1.165) is 17.7 Å². The van der Waals surface area contributed by atoms with Gasteiger partial charge < -0.3 is 4.98 Å². The number of nitrogens with one attached hydrogen (secondary N) is 1. The van der Waals surface area contributed by atoms with Gasteiger partial charge in [-0.1, -0.05) is 23.9 Å². The highest BCUT2D eigenvalue weighted by molar-refractivity contribution is 8.13. The number of thioether (sulfide) groups is 1. The maximum atomic E-state index is 10.8. The molecule has 0 bridgehead atoms. The highest BCUT2D eigenvalue weighted by atomic mass is 32.2. The maximum Gasteiger partial charge on any atom is 0.247 e. The lowest BCUT2D eigenvalue weighted by Crippen LogP contribution is -2.01. The van der Waals surface area contributed by atoms with E-state index in [1.165, 1.54) is 17.8 Å². The van der Waals surface area contributed by atoms with E-state index in [-0.39, 0.29) is 10.7 Å². The van der Waals surface area contributed by atoms with E-state index >= 15 is 0 Å². The van der Waals surface area contributed by atoms with Gasteiger partial charge in [-0.2, -0.15) is 0 Å². The molecule has 1 aromatic heterocycles. The van der Waals surface area contributed by atoms with E-state index < -0.39 is 0 Å². The van der Waals surface area contributed by atoms with E-state index in [0.29, 0.717) is 0 Å². The lowest BCUT2D eigenvalue weighted by Gasteiger charge is -1.92. The fraction of sp³-hybridized carbons (Fsp3) is 0.273. The molecule has 0 saturated heterocycles. The predicted molar refractivity (Wildman–Crippen MR) is 63.9 cm³/mol. The van der Waals surface area contributed by atoms with Crippen LogP contribution in [0.2, 0.25) is 0 Å². The molecule has 0 aliphatic rings. The molecule has 0 unspecified atom stereocenters. The molecule has 1 aromatic rings. The van der Waals surface area contributed by atoms with Crippen molar-refractivity contribution in [3.05, 3.63) is 40.3 Å². The van der Waals surface area contributed by atoms with Crippen molar-refractivity contribution >= 4 is 23.0 Å². The number of aromatic nitrogens is 1. The number of hydrogen-bond acceptors (Lipinski definition) is 3. The van der Waals surface area contributed by atoms with Crippen LogP contribution >= 0.6 is 11.8 Å². The quantitative estimate of drug-likeness (QED) is 0.795. The fourth-order valence-electron chi connectivity index (χ4n) is 1.02. The molecule has 0 aliphatic carbocycles. The fourth-order valence-corrected chi connectivity index (χ4v) is 1.56. The second-order valence-corrected chi connectivity index (χ2v) is 4.29. The Labute approximate surface area is 92.6 Å². The lowest BCUT2D eigenvalue weighted by molar-refractivity contribution is -0.109. The van der Waals surface area contributed by atoms with Gasteiger partial charge in [0.2, 0.25) is 5.56 Å². The normalized spacial score (nSPS) is 10.7. The third-order valence-electron chi connectivity index (χ3n) is 1.71. The molecule has 3 nitrogen and oxygen atoms in total. The molecule has 1 N–H and O–H groups in total. The number of pyridine rings is 1. The second-order valence-electron chi connectivity index (χ2n) is 3.02. The van der Waals surface area contributed by atoms with Crippen LogP contribution in [0.25, 0.3) is 6.08 Å². The van der Waals surface area contributed by atoms with Gasteiger partial charge in [-0.3, -0.25) is 9.59 Å². The van der Waals surface area contributed by atoms with Gasteiger partial charge in [0, 0.05) is 24.9 Å². The first-order chi connectivity index (χ1) is 7.18. The molecule has 0 fully saturated rings. The first kappa shape index (κ1) is 11.8. The Morgan fingerprint density at radius 1 is 1.53 bits per heavy atom. The summed E-state index contributed by atoms with van der Waals surface area (Å²) in [6.07, 6.45) is 6.43. The molecule has 4 heteroatoms. The number of carbonyl (C=O) groups is 1. The lowest BCUT2D eigenvalue weighted by atomic mass is 10.2. The Bertz CT molecular complexity index is 389. The molecular weight excluding hydrogens is 210 g/mol. The SMILES string of the molecule is CC(=O)SCCC=Cc1ccc(=O)[nH]c1. The summed E-state index contributed by atoms with van der Waals surface area (Å²) in [4.78, 5) is 24.0. The van der Waals surface area contributed by atoms with Crippen LogP contribution in [0.1, 0.15) is 18.9 Å². The summed E-state index contributed by atoms with van der Waals surface area (Å²) in [6, 6.07) is 3.25. The molecule has 0 radical (unpaired) electrons. The van der Waals surface area contributed by atoms with Crippen molar-refractivity contribution < 1.29 is 4.79 Å². The molecule has 15 heavy (non-hydrogen) atoms. The van der Waals surface area contributed by atoms with E-state index in [1.807, 2.05) is 12.2 Å². The Morgan fingerprint density at radius 3 is 2.93 bits per heavy atom. The predicted octanol–water partition coefficient (Wildman–Crippen LogP) is 2.06. The summed E-state index contributed by atoms with van der Waals surface area (Å²) >= 11 is 1.32. The minimum absolute atomic E-state index is 0.0979. The minimum atomic E-state index is -0.0979. The largest absolute Gasteiger partial charge is 0.329 e. The smallest absolute Gasteiger partial charge is 0.247 e. The van der Waals surface area contributed by atoms with Crippen LogP contribution in [0.5, 0.6) is 0 Å². The minimum Gasteiger partial charge on any atom is -0.329 e. The zero-order valence-electron chi connectivity index (χ0n) is 8.53. The van der Waals surface area contributed by atoms with Gasteiger partial charge in [-0.25, -0.2) is 0 Å². The third kappa shape index (κ3) is 5.22. The van der Waals surface area contributed by atoms with Crippen LogP contribution in [-0.2, 0) is 4.79 Å². The monoisotopic (exact) mass is 223 g/mol. The molecule has 1 heterocycles. The summed E-state index contributed by atoms with van der Waals surface area (Å²) < 4.78 is 0. The highest BCUT2D eigenvalue weighted by Gasteiger charge is 1.91. The number of H-pyrrole nitrogens is 1. The van der Waals surface area contributed by atoms with E-state index in [2.05, 4.69) is 4.98 Å².